The van der Waals surface area contributed by atoms with Crippen molar-refractivity contribution >= 4 is 52.0 Å². The summed E-state index contributed by atoms with van der Waals surface area (Å²) >= 11 is 1.41. The minimum Gasteiger partial charge on any atom is -0.464 e. The van der Waals surface area contributed by atoms with Gasteiger partial charge in [0.15, 0.2) is 0 Å². The number of aromatic nitrogens is 3. The molecule has 6 heterocycles. The quantitative estimate of drug-likeness (QED) is 0.0993. The van der Waals surface area contributed by atoms with Crippen molar-refractivity contribution in [3.05, 3.63) is 70.8 Å². The first kappa shape index (κ1) is 49.7. The smallest absolute Gasteiger partial charge is 0.324 e. The third-order valence-corrected chi connectivity index (χ3v) is 15.6. The second kappa shape index (κ2) is 19.2. The van der Waals surface area contributed by atoms with E-state index in [1.165, 1.54) is 32.3 Å². The molecule has 2 saturated heterocycles. The van der Waals surface area contributed by atoms with Crippen molar-refractivity contribution in [2.45, 2.75) is 123 Å². The van der Waals surface area contributed by atoms with E-state index in [2.05, 4.69) is 67.0 Å². The number of pyridine rings is 1. The number of ether oxygens (including phenoxy) is 2. The van der Waals surface area contributed by atoms with E-state index in [0.29, 0.717) is 43.8 Å². The Balaban J connectivity index is 1.15. The van der Waals surface area contributed by atoms with Gasteiger partial charge in [-0.1, -0.05) is 40.3 Å². The summed E-state index contributed by atoms with van der Waals surface area (Å²) in [5.41, 5.74) is 10.9. The largest absolute Gasteiger partial charge is 0.464 e. The molecule has 3 fully saturated rings. The molecule has 18 heteroatoms. The molecule has 69 heavy (non-hydrogen) atoms. The average Bonchev–Trinajstić information content (AvgIpc) is 4.22. The monoisotopic (exact) mass is 964 g/mol. The van der Waals surface area contributed by atoms with Crippen LogP contribution in [0.25, 0.3) is 33.4 Å². The Labute approximate surface area is 409 Å². The first-order chi connectivity index (χ1) is 32.8. The van der Waals surface area contributed by atoms with Gasteiger partial charge in [0.25, 0.3) is 11.8 Å². The molecule has 4 aromatic rings. The van der Waals surface area contributed by atoms with Crippen LogP contribution in [0.3, 0.4) is 0 Å². The summed E-state index contributed by atoms with van der Waals surface area (Å²) in [6, 6.07) is 8.08. The minimum absolute atomic E-state index is 0.0377. The Bertz CT molecular complexity index is 2660. The number of carbonyl (C=O) groups excluding carboxylic acids is 5. The summed E-state index contributed by atoms with van der Waals surface area (Å²) < 4.78 is 14.3. The Morgan fingerprint density at radius 1 is 1.09 bits per heavy atom. The molecule has 6 bridgehead atoms. The normalized spacial score (nSPS) is 23.5. The van der Waals surface area contributed by atoms with Gasteiger partial charge >= 0.3 is 12.0 Å². The van der Waals surface area contributed by atoms with Crippen LogP contribution >= 0.6 is 11.3 Å². The van der Waals surface area contributed by atoms with Crippen LogP contribution in [0.4, 0.5) is 4.79 Å². The van der Waals surface area contributed by atoms with Crippen molar-refractivity contribution in [1.29, 1.82) is 0 Å². The summed E-state index contributed by atoms with van der Waals surface area (Å²) in [5.74, 6) is -1.81. The predicted octanol–water partition coefficient (Wildman–Crippen LogP) is 6.19. The lowest BCUT2D eigenvalue weighted by atomic mass is 9.84. The number of urea groups is 1. The highest BCUT2D eigenvalue weighted by molar-refractivity contribution is 7.10. The average molecular weight is 965 g/mol. The number of amides is 5. The van der Waals surface area contributed by atoms with Crippen LogP contribution in [0, 0.1) is 17.3 Å². The number of methoxy groups -OCH3 is 1. The fourth-order valence-corrected chi connectivity index (χ4v) is 11.4. The number of thiazole rings is 1. The number of fused-ring (bicyclic) bond motifs is 6. The third kappa shape index (κ3) is 9.28. The van der Waals surface area contributed by atoms with Crippen molar-refractivity contribution in [3.63, 3.8) is 0 Å². The van der Waals surface area contributed by atoms with Gasteiger partial charge in [0.05, 0.1) is 34.8 Å². The number of rotatable bonds is 11. The minimum atomic E-state index is -1.56. The van der Waals surface area contributed by atoms with Crippen molar-refractivity contribution in [1.82, 2.24) is 50.1 Å². The van der Waals surface area contributed by atoms with Gasteiger partial charge < -0.3 is 28.7 Å². The summed E-state index contributed by atoms with van der Waals surface area (Å²) in [4.78, 5) is 85.1. The Morgan fingerprint density at radius 2 is 1.84 bits per heavy atom. The zero-order valence-corrected chi connectivity index (χ0v) is 42.7. The molecule has 1 spiro atoms. The van der Waals surface area contributed by atoms with Crippen molar-refractivity contribution < 1.29 is 33.4 Å². The number of hydrogen-bond acceptors (Lipinski definition) is 12. The predicted molar refractivity (Wildman–Crippen MR) is 264 cm³/mol. The summed E-state index contributed by atoms with van der Waals surface area (Å²) in [7, 11) is 6.75. The maximum atomic E-state index is 15.0. The molecule has 7 atom stereocenters. The molecule has 1 saturated carbocycles. The van der Waals surface area contributed by atoms with Crippen LogP contribution in [-0.4, -0.2) is 140 Å². The fraction of sp³-hybridized carbons (Fsp3) is 0.549. The lowest BCUT2D eigenvalue weighted by Crippen LogP contribution is -2.60. The first-order valence-corrected chi connectivity index (χ1v) is 25.0. The maximum absolute atomic E-state index is 15.0. The fourth-order valence-electron chi connectivity index (χ4n) is 10.5. The third-order valence-electron chi connectivity index (χ3n) is 14.7. The van der Waals surface area contributed by atoms with Crippen LogP contribution < -0.4 is 10.9 Å². The Hall–Kier alpha value is -5.69. The van der Waals surface area contributed by atoms with E-state index >= 15 is 4.79 Å². The number of hydrazine groups is 2. The number of esters is 1. The van der Waals surface area contributed by atoms with Crippen LogP contribution in [0.5, 0.6) is 0 Å². The summed E-state index contributed by atoms with van der Waals surface area (Å²) in [6.07, 6.45) is 5.11. The molecule has 8 rings (SSSR count). The first-order valence-electron chi connectivity index (χ1n) is 24.1. The molecule has 3 aliphatic heterocycles. The second-order valence-corrected chi connectivity index (χ2v) is 21.3. The number of cyclic esters (lactones) is 1. The highest BCUT2D eigenvalue weighted by atomic mass is 32.1. The topological polar surface area (TPSA) is 184 Å². The zero-order chi connectivity index (χ0) is 49.9. The Morgan fingerprint density at radius 3 is 2.54 bits per heavy atom. The van der Waals surface area contributed by atoms with E-state index in [1.54, 1.807) is 44.2 Å². The molecule has 370 valence electrons. The van der Waals surface area contributed by atoms with Gasteiger partial charge in [-0.2, -0.15) is 5.43 Å². The van der Waals surface area contributed by atoms with Gasteiger partial charge in [-0.3, -0.25) is 29.2 Å². The van der Waals surface area contributed by atoms with Crippen molar-refractivity contribution in [2.75, 3.05) is 41.4 Å². The standard InChI is InChI=1S/C51H68N10O7S/c1-13-42(62)56(9)30(5)34-24-40(34)57(10)49(66)58(11)44(29(3)4)46(63)61-51(55-61)26-41-53-38(27-69-41)32-19-20-39-35(23-32)36(45(59(39)14-2)33-17-15-21-52-43(33)31(6)67-12)25-50(7,8)28-68-47(64)37-18-16-22-60(54-37)48(51)65/h13,15,17,19-21,23,27,29-31,34,37,40,44,54-55H,1,14,16,18,22,24-26,28H2,2-12H3/t30?,31-,34+,37-,40?,44-,51-,61?/m0/s1. The number of carbonyl (C=O) groups is 5. The lowest BCUT2D eigenvalue weighted by molar-refractivity contribution is -0.156. The number of nitrogens with one attached hydrogen (secondary N) is 2. The number of hydrogen-bond donors (Lipinski definition) is 2. The molecule has 5 amide bonds. The number of nitrogens with zero attached hydrogens (tertiary/aromatic N) is 8. The van der Waals surface area contributed by atoms with Gasteiger partial charge in [0.2, 0.25) is 11.6 Å². The molecular weight excluding hydrogens is 897 g/mol. The number of aryl methyl sites for hydroxylation is 1. The van der Waals surface area contributed by atoms with Crippen LogP contribution in [0.1, 0.15) is 90.1 Å². The molecular formula is C51H68N10O7S. The maximum Gasteiger partial charge on any atom is 0.324 e. The molecule has 4 aliphatic rings. The van der Waals surface area contributed by atoms with Crippen LogP contribution in [-0.2, 0) is 48.0 Å². The SMILES string of the molecule is C=CC(=O)N(C)C(C)[C@H]1CC1N(C)C(=O)N(C)[C@H](C(=O)N1N[C@@]12Cc1nc(cs1)-c1ccc3c(c1)c(c(-c1cccnc1[C@H](C)OC)n3CC)CC(C)(C)COC(=O)[C@@H]1CCCN(N1)C2=O)C(C)C. The van der Waals surface area contributed by atoms with Gasteiger partial charge in [-0.15, -0.1) is 11.3 Å². The molecule has 1 aromatic carbocycles. The van der Waals surface area contributed by atoms with Crippen LogP contribution in [0.2, 0.25) is 0 Å². The van der Waals surface area contributed by atoms with E-state index in [1.807, 2.05) is 39.1 Å². The van der Waals surface area contributed by atoms with E-state index in [4.69, 9.17) is 19.4 Å². The molecule has 2 N–H and O–H groups in total. The van der Waals surface area contributed by atoms with Gasteiger partial charge in [-0.25, -0.2) is 20.2 Å². The molecule has 17 nitrogen and oxygen atoms in total. The molecule has 2 unspecified atom stereocenters. The van der Waals surface area contributed by atoms with Crippen LogP contribution in [0.15, 0.2) is 54.6 Å². The second-order valence-electron chi connectivity index (χ2n) is 20.3. The number of likely N-dealkylation sites (N-methyl/N-ethyl adjacent to an activating group) is 2. The van der Waals surface area contributed by atoms with E-state index in [-0.39, 0.29) is 55.0 Å². The highest BCUT2D eigenvalue weighted by Crippen LogP contribution is 2.44. The van der Waals surface area contributed by atoms with Gasteiger partial charge in [0.1, 0.15) is 12.1 Å². The zero-order valence-electron chi connectivity index (χ0n) is 41.9. The molecule has 3 aromatic heterocycles. The summed E-state index contributed by atoms with van der Waals surface area (Å²) in [6.45, 7) is 18.7. The number of benzene rings is 1. The van der Waals surface area contributed by atoms with Crippen molar-refractivity contribution in [2.24, 2.45) is 17.3 Å². The van der Waals surface area contributed by atoms with E-state index in [0.717, 1.165) is 44.7 Å². The van der Waals surface area contributed by atoms with E-state index in [9.17, 15) is 19.2 Å². The van der Waals surface area contributed by atoms with Crippen molar-refractivity contribution in [3.8, 4) is 22.5 Å². The van der Waals surface area contributed by atoms with E-state index < -0.39 is 40.9 Å². The van der Waals surface area contributed by atoms with Gasteiger partial charge in [0, 0.05) is 105 Å². The highest BCUT2D eigenvalue weighted by Gasteiger charge is 2.65. The Kier molecular flexibility index (Phi) is 13.9. The summed E-state index contributed by atoms with van der Waals surface area (Å²) in [5, 5.41) is 6.42. The molecule has 0 radical (unpaired) electrons. The molecule has 1 aliphatic carbocycles. The van der Waals surface area contributed by atoms with Gasteiger partial charge in [-0.05, 0) is 88.3 Å². The lowest BCUT2D eigenvalue weighted by Gasteiger charge is -2.36.